The van der Waals surface area contributed by atoms with Crippen molar-refractivity contribution in [2.24, 2.45) is 7.05 Å². The molecule has 0 amide bonds. The number of hydrogen-bond acceptors (Lipinski definition) is 5. The highest BCUT2D eigenvalue weighted by atomic mass is 79.9. The van der Waals surface area contributed by atoms with Crippen LogP contribution in [-0.2, 0) is 13.6 Å². The molecule has 0 aliphatic heterocycles. The van der Waals surface area contributed by atoms with Gasteiger partial charge in [-0.05, 0) is 45.8 Å². The van der Waals surface area contributed by atoms with E-state index in [1.165, 1.54) is 23.1 Å². The number of hydrogen-bond donors (Lipinski definition) is 1. The summed E-state index contributed by atoms with van der Waals surface area (Å²) in [7, 11) is 1.56. The molecule has 2 aromatic heterocycles. The number of benzene rings is 1. The van der Waals surface area contributed by atoms with Crippen LogP contribution >= 0.6 is 15.9 Å². The van der Waals surface area contributed by atoms with Gasteiger partial charge in [0, 0.05) is 19.8 Å². The number of anilines is 1. The SMILES string of the molecule is Cn1ncc(NCc2ccc(Oc3cccnc3)c(F)c2)c(Br)c1=O. The summed E-state index contributed by atoms with van der Waals surface area (Å²) in [5, 5.41) is 7.00. The van der Waals surface area contributed by atoms with Gasteiger partial charge in [0.15, 0.2) is 11.6 Å². The van der Waals surface area contributed by atoms with E-state index in [-0.39, 0.29) is 11.3 Å². The standard InChI is InChI=1S/C17H14BrFN4O2/c1-23-17(24)16(18)14(10-22-23)21-8-11-4-5-15(13(19)7-11)25-12-3-2-6-20-9-12/h2-7,9-10,21H,8H2,1H3. The molecule has 6 nitrogen and oxygen atoms in total. The number of nitrogens with one attached hydrogen (secondary N) is 1. The number of aromatic nitrogens is 3. The minimum absolute atomic E-state index is 0.119. The van der Waals surface area contributed by atoms with Crippen molar-refractivity contribution in [3.63, 3.8) is 0 Å². The minimum atomic E-state index is -0.482. The van der Waals surface area contributed by atoms with E-state index in [4.69, 9.17) is 4.74 Å². The Morgan fingerprint density at radius 3 is 2.88 bits per heavy atom. The highest BCUT2D eigenvalue weighted by Gasteiger charge is 2.09. The van der Waals surface area contributed by atoms with Crippen molar-refractivity contribution < 1.29 is 9.13 Å². The average molecular weight is 405 g/mol. The number of ether oxygens (including phenoxy) is 1. The van der Waals surface area contributed by atoms with E-state index in [2.05, 4.69) is 31.3 Å². The molecule has 2 heterocycles. The van der Waals surface area contributed by atoms with Crippen LogP contribution in [0.2, 0.25) is 0 Å². The minimum Gasteiger partial charge on any atom is -0.453 e. The summed E-state index contributed by atoms with van der Waals surface area (Å²) in [6.07, 6.45) is 4.65. The van der Waals surface area contributed by atoms with Gasteiger partial charge in [-0.15, -0.1) is 0 Å². The van der Waals surface area contributed by atoms with Crippen LogP contribution in [0.1, 0.15) is 5.56 Å². The van der Waals surface area contributed by atoms with E-state index in [0.717, 1.165) is 0 Å². The topological polar surface area (TPSA) is 69.0 Å². The molecular formula is C17H14BrFN4O2. The Balaban J connectivity index is 1.71. The van der Waals surface area contributed by atoms with Gasteiger partial charge in [-0.2, -0.15) is 5.10 Å². The lowest BCUT2D eigenvalue weighted by molar-refractivity contribution is 0.440. The summed E-state index contributed by atoms with van der Waals surface area (Å²) in [5.74, 6) is 0.0971. The van der Waals surface area contributed by atoms with Gasteiger partial charge >= 0.3 is 0 Å². The van der Waals surface area contributed by atoms with E-state index >= 15 is 0 Å². The Hall–Kier alpha value is -2.74. The van der Waals surface area contributed by atoms with Crippen LogP contribution in [-0.4, -0.2) is 14.8 Å². The van der Waals surface area contributed by atoms with Gasteiger partial charge in [0.05, 0.1) is 18.1 Å². The fraction of sp³-hybridized carbons (Fsp3) is 0.118. The molecule has 0 unspecified atom stereocenters. The smallest absolute Gasteiger partial charge is 0.282 e. The Bertz CT molecular complexity index is 947. The maximum Gasteiger partial charge on any atom is 0.282 e. The Labute approximate surface area is 151 Å². The lowest BCUT2D eigenvalue weighted by atomic mass is 10.2. The third-order valence-electron chi connectivity index (χ3n) is 3.42. The summed E-state index contributed by atoms with van der Waals surface area (Å²) in [5.41, 5.74) is 0.985. The van der Waals surface area contributed by atoms with Crippen LogP contribution in [0.15, 0.2) is 58.2 Å². The maximum atomic E-state index is 14.2. The van der Waals surface area contributed by atoms with Gasteiger partial charge in [0.1, 0.15) is 10.2 Å². The third kappa shape index (κ3) is 4.03. The summed E-state index contributed by atoms with van der Waals surface area (Å²) >= 11 is 3.23. The van der Waals surface area contributed by atoms with Crippen molar-refractivity contribution in [1.29, 1.82) is 0 Å². The van der Waals surface area contributed by atoms with E-state index < -0.39 is 5.82 Å². The van der Waals surface area contributed by atoms with Crippen LogP contribution in [0.4, 0.5) is 10.1 Å². The van der Waals surface area contributed by atoms with Crippen molar-refractivity contribution in [1.82, 2.24) is 14.8 Å². The second-order valence-electron chi connectivity index (χ2n) is 5.21. The van der Waals surface area contributed by atoms with Crippen molar-refractivity contribution in [3.05, 3.63) is 75.1 Å². The number of nitrogens with zero attached hydrogens (tertiary/aromatic N) is 3. The zero-order chi connectivity index (χ0) is 17.8. The Kier molecular flexibility index (Phi) is 5.08. The first-order valence-corrected chi connectivity index (χ1v) is 8.16. The summed E-state index contributed by atoms with van der Waals surface area (Å²) < 4.78 is 21.3. The number of pyridine rings is 1. The molecule has 0 atom stereocenters. The average Bonchev–Trinajstić information content (AvgIpc) is 2.62. The predicted octanol–water partition coefficient (Wildman–Crippen LogP) is 3.48. The molecule has 3 aromatic rings. The molecule has 0 spiro atoms. The molecule has 128 valence electrons. The van der Waals surface area contributed by atoms with Gasteiger partial charge < -0.3 is 10.1 Å². The van der Waals surface area contributed by atoms with Crippen LogP contribution in [0.3, 0.4) is 0 Å². The normalized spacial score (nSPS) is 10.5. The van der Waals surface area contributed by atoms with E-state index in [0.29, 0.717) is 28.0 Å². The van der Waals surface area contributed by atoms with E-state index in [1.807, 2.05) is 0 Å². The lowest BCUT2D eigenvalue weighted by Gasteiger charge is -2.10. The van der Waals surface area contributed by atoms with Gasteiger partial charge in [-0.1, -0.05) is 6.07 Å². The van der Waals surface area contributed by atoms with Crippen molar-refractivity contribution in [2.45, 2.75) is 6.54 Å². The van der Waals surface area contributed by atoms with Crippen molar-refractivity contribution >= 4 is 21.6 Å². The zero-order valence-electron chi connectivity index (χ0n) is 13.2. The molecule has 0 saturated heterocycles. The summed E-state index contributed by atoms with van der Waals surface area (Å²) in [6.45, 7) is 0.331. The highest BCUT2D eigenvalue weighted by Crippen LogP contribution is 2.25. The molecule has 0 radical (unpaired) electrons. The first kappa shape index (κ1) is 17.1. The number of rotatable bonds is 5. The molecule has 0 aliphatic rings. The Morgan fingerprint density at radius 1 is 1.32 bits per heavy atom. The predicted molar refractivity (Wildman–Crippen MR) is 95.2 cm³/mol. The molecule has 0 fully saturated rings. The van der Waals surface area contributed by atoms with Gasteiger partial charge in [0.2, 0.25) is 0 Å². The van der Waals surface area contributed by atoms with E-state index in [1.54, 1.807) is 37.5 Å². The molecule has 0 bridgehead atoms. The summed E-state index contributed by atoms with van der Waals surface area (Å²) in [6, 6.07) is 8.08. The largest absolute Gasteiger partial charge is 0.453 e. The molecule has 8 heteroatoms. The fourth-order valence-corrected chi connectivity index (χ4v) is 2.60. The Morgan fingerprint density at radius 2 is 2.16 bits per heavy atom. The van der Waals surface area contributed by atoms with Gasteiger partial charge in [0.25, 0.3) is 5.56 Å². The first-order chi connectivity index (χ1) is 12.0. The molecule has 1 N–H and O–H groups in total. The molecule has 1 aromatic carbocycles. The summed E-state index contributed by atoms with van der Waals surface area (Å²) in [4.78, 5) is 15.7. The second-order valence-corrected chi connectivity index (χ2v) is 6.00. The maximum absolute atomic E-state index is 14.2. The highest BCUT2D eigenvalue weighted by molar-refractivity contribution is 9.10. The monoisotopic (exact) mass is 404 g/mol. The first-order valence-electron chi connectivity index (χ1n) is 7.36. The number of halogens is 2. The van der Waals surface area contributed by atoms with E-state index in [9.17, 15) is 9.18 Å². The van der Waals surface area contributed by atoms with Crippen LogP contribution < -0.4 is 15.6 Å². The molecule has 25 heavy (non-hydrogen) atoms. The van der Waals surface area contributed by atoms with Crippen LogP contribution in [0, 0.1) is 5.82 Å². The third-order valence-corrected chi connectivity index (χ3v) is 4.19. The van der Waals surface area contributed by atoms with Crippen LogP contribution in [0.25, 0.3) is 0 Å². The molecule has 0 aliphatic carbocycles. The lowest BCUT2D eigenvalue weighted by Crippen LogP contribution is -2.21. The molecule has 3 rings (SSSR count). The fourth-order valence-electron chi connectivity index (χ4n) is 2.10. The van der Waals surface area contributed by atoms with Gasteiger partial charge in [-0.25, -0.2) is 9.07 Å². The van der Waals surface area contributed by atoms with Crippen LogP contribution in [0.5, 0.6) is 11.5 Å². The number of aryl methyl sites for hydroxylation is 1. The van der Waals surface area contributed by atoms with Gasteiger partial charge in [-0.3, -0.25) is 9.78 Å². The van der Waals surface area contributed by atoms with Crippen molar-refractivity contribution in [2.75, 3.05) is 5.32 Å². The quantitative estimate of drug-likeness (QED) is 0.704. The zero-order valence-corrected chi connectivity index (χ0v) is 14.8. The molecular weight excluding hydrogens is 391 g/mol. The second kappa shape index (κ2) is 7.43. The van der Waals surface area contributed by atoms with Crippen molar-refractivity contribution in [3.8, 4) is 11.5 Å². The molecule has 0 saturated carbocycles.